The smallest absolute Gasteiger partial charge is 0.356 e. The van der Waals surface area contributed by atoms with Crippen LogP contribution in [-0.2, 0) is 0 Å². The fourth-order valence-corrected chi connectivity index (χ4v) is 0.830. The molecule has 0 aromatic carbocycles. The van der Waals surface area contributed by atoms with Crippen LogP contribution in [0.4, 0.5) is 0 Å². The standard InChI is InChI=1S/C7H8N2O3/c1-3-4(2)6(10)9-8-5(3)7(11)12/h1-2H3,(H,9,10)(H,11,12). The van der Waals surface area contributed by atoms with Crippen LogP contribution in [-0.4, -0.2) is 21.3 Å². The Morgan fingerprint density at radius 2 is 2.00 bits per heavy atom. The van der Waals surface area contributed by atoms with Gasteiger partial charge in [-0.05, 0) is 19.4 Å². The lowest BCUT2D eigenvalue weighted by Gasteiger charge is -2.00. The van der Waals surface area contributed by atoms with E-state index in [4.69, 9.17) is 5.11 Å². The van der Waals surface area contributed by atoms with Crippen LogP contribution in [0.5, 0.6) is 0 Å². The molecule has 0 amide bonds. The number of carboxylic acid groups (broad SMARTS) is 1. The van der Waals surface area contributed by atoms with E-state index in [1.165, 1.54) is 0 Å². The summed E-state index contributed by atoms with van der Waals surface area (Å²) < 4.78 is 0. The Balaban J connectivity index is 3.47. The third kappa shape index (κ3) is 1.20. The maximum atomic E-state index is 10.9. The van der Waals surface area contributed by atoms with Crippen molar-refractivity contribution in [3.8, 4) is 0 Å². The fraction of sp³-hybridized carbons (Fsp3) is 0.286. The van der Waals surface area contributed by atoms with E-state index in [2.05, 4.69) is 10.2 Å². The summed E-state index contributed by atoms with van der Waals surface area (Å²) in [4.78, 5) is 21.4. The number of aromatic amines is 1. The number of H-pyrrole nitrogens is 1. The van der Waals surface area contributed by atoms with Gasteiger partial charge in [0.15, 0.2) is 5.69 Å². The minimum absolute atomic E-state index is 0.105. The molecule has 0 bridgehead atoms. The summed E-state index contributed by atoms with van der Waals surface area (Å²) in [5.74, 6) is -1.13. The molecule has 0 spiro atoms. The second-order valence-corrected chi connectivity index (χ2v) is 2.46. The summed E-state index contributed by atoms with van der Waals surface area (Å²) in [7, 11) is 0. The third-order valence-electron chi connectivity index (χ3n) is 1.73. The van der Waals surface area contributed by atoms with E-state index in [-0.39, 0.29) is 11.3 Å². The van der Waals surface area contributed by atoms with Crippen molar-refractivity contribution >= 4 is 5.97 Å². The van der Waals surface area contributed by atoms with Crippen LogP contribution in [0.1, 0.15) is 21.6 Å². The lowest BCUT2D eigenvalue weighted by atomic mass is 10.1. The highest BCUT2D eigenvalue weighted by atomic mass is 16.4. The second-order valence-electron chi connectivity index (χ2n) is 2.46. The van der Waals surface area contributed by atoms with Gasteiger partial charge in [0.25, 0.3) is 5.56 Å². The van der Waals surface area contributed by atoms with Crippen LogP contribution in [0.15, 0.2) is 4.79 Å². The Morgan fingerprint density at radius 3 is 2.50 bits per heavy atom. The molecule has 5 nitrogen and oxygen atoms in total. The highest BCUT2D eigenvalue weighted by Gasteiger charge is 2.12. The summed E-state index contributed by atoms with van der Waals surface area (Å²) in [6, 6.07) is 0. The number of hydrogen-bond donors (Lipinski definition) is 2. The Kier molecular flexibility index (Phi) is 1.95. The van der Waals surface area contributed by atoms with Crippen molar-refractivity contribution in [2.75, 3.05) is 0 Å². The molecule has 64 valence electrons. The van der Waals surface area contributed by atoms with Crippen LogP contribution < -0.4 is 5.56 Å². The Bertz CT molecular complexity index is 381. The molecule has 0 aliphatic heterocycles. The maximum Gasteiger partial charge on any atom is 0.356 e. The van der Waals surface area contributed by atoms with Crippen molar-refractivity contribution in [1.82, 2.24) is 10.2 Å². The number of carbonyl (C=O) groups is 1. The molecule has 1 aromatic heterocycles. The van der Waals surface area contributed by atoms with Crippen LogP contribution in [0.25, 0.3) is 0 Å². The zero-order chi connectivity index (χ0) is 9.30. The summed E-state index contributed by atoms with van der Waals surface area (Å²) in [5, 5.41) is 14.1. The third-order valence-corrected chi connectivity index (χ3v) is 1.73. The number of nitrogens with one attached hydrogen (secondary N) is 1. The van der Waals surface area contributed by atoms with Crippen LogP contribution in [0, 0.1) is 13.8 Å². The molecule has 0 radical (unpaired) electrons. The fourth-order valence-electron chi connectivity index (χ4n) is 0.830. The first-order chi connectivity index (χ1) is 5.54. The number of aromatic nitrogens is 2. The summed E-state index contributed by atoms with van der Waals surface area (Å²) in [6.45, 7) is 3.11. The van der Waals surface area contributed by atoms with Gasteiger partial charge < -0.3 is 5.11 Å². The van der Waals surface area contributed by atoms with Gasteiger partial charge in [-0.1, -0.05) is 0 Å². The lowest BCUT2D eigenvalue weighted by Crippen LogP contribution is -2.18. The molecular formula is C7H8N2O3. The van der Waals surface area contributed by atoms with Crippen molar-refractivity contribution in [2.24, 2.45) is 0 Å². The SMILES string of the molecule is Cc1c(C(=O)O)n[nH]c(=O)c1C. The molecule has 0 atom stereocenters. The quantitative estimate of drug-likeness (QED) is 0.622. The van der Waals surface area contributed by atoms with Crippen molar-refractivity contribution in [3.05, 3.63) is 27.2 Å². The van der Waals surface area contributed by atoms with E-state index in [1.807, 2.05) is 0 Å². The van der Waals surface area contributed by atoms with Crippen LogP contribution in [0.3, 0.4) is 0 Å². The molecule has 0 aliphatic carbocycles. The van der Waals surface area contributed by atoms with Crippen molar-refractivity contribution in [1.29, 1.82) is 0 Å². The number of hydrogen-bond acceptors (Lipinski definition) is 3. The molecule has 0 fully saturated rings. The summed E-state index contributed by atoms with van der Waals surface area (Å²) in [6.07, 6.45) is 0. The molecule has 5 heteroatoms. The monoisotopic (exact) mass is 168 g/mol. The zero-order valence-corrected chi connectivity index (χ0v) is 6.71. The highest BCUT2D eigenvalue weighted by molar-refractivity contribution is 5.86. The molecule has 0 unspecified atom stereocenters. The summed E-state index contributed by atoms with van der Waals surface area (Å²) in [5.41, 5.74) is 0.346. The number of nitrogens with zero attached hydrogens (tertiary/aromatic N) is 1. The Morgan fingerprint density at radius 1 is 1.42 bits per heavy atom. The zero-order valence-electron chi connectivity index (χ0n) is 6.71. The van der Waals surface area contributed by atoms with E-state index in [1.54, 1.807) is 13.8 Å². The van der Waals surface area contributed by atoms with Gasteiger partial charge in [-0.2, -0.15) is 5.10 Å². The number of rotatable bonds is 1. The average Bonchev–Trinajstić information content (AvgIpc) is 2.00. The molecule has 1 rings (SSSR count). The Labute approximate surface area is 68.1 Å². The topological polar surface area (TPSA) is 83.0 Å². The molecule has 1 heterocycles. The van der Waals surface area contributed by atoms with Crippen molar-refractivity contribution in [2.45, 2.75) is 13.8 Å². The van der Waals surface area contributed by atoms with Gasteiger partial charge in [-0.3, -0.25) is 4.79 Å². The normalized spacial score (nSPS) is 9.83. The molecule has 0 aliphatic rings. The predicted molar refractivity (Wildman–Crippen MR) is 41.3 cm³/mol. The molecule has 12 heavy (non-hydrogen) atoms. The van der Waals surface area contributed by atoms with Crippen molar-refractivity contribution < 1.29 is 9.90 Å². The largest absolute Gasteiger partial charge is 0.476 e. The van der Waals surface area contributed by atoms with Crippen LogP contribution in [0.2, 0.25) is 0 Å². The van der Waals surface area contributed by atoms with E-state index >= 15 is 0 Å². The van der Waals surface area contributed by atoms with Gasteiger partial charge >= 0.3 is 5.97 Å². The van der Waals surface area contributed by atoms with Gasteiger partial charge in [0.05, 0.1) is 0 Å². The van der Waals surface area contributed by atoms with Gasteiger partial charge in [0.1, 0.15) is 0 Å². The van der Waals surface area contributed by atoms with Gasteiger partial charge in [-0.25, -0.2) is 9.89 Å². The van der Waals surface area contributed by atoms with E-state index in [0.29, 0.717) is 11.1 Å². The molecular weight excluding hydrogens is 160 g/mol. The summed E-state index contributed by atoms with van der Waals surface area (Å²) >= 11 is 0. The van der Waals surface area contributed by atoms with E-state index in [0.717, 1.165) is 0 Å². The predicted octanol–water partition coefficient (Wildman–Crippen LogP) is 0.0849. The minimum Gasteiger partial charge on any atom is -0.476 e. The molecule has 2 N–H and O–H groups in total. The molecule has 0 saturated carbocycles. The number of aromatic carboxylic acids is 1. The van der Waals surface area contributed by atoms with Gasteiger partial charge in [-0.15, -0.1) is 0 Å². The second kappa shape index (κ2) is 2.77. The van der Waals surface area contributed by atoms with Gasteiger partial charge in [0.2, 0.25) is 0 Å². The average molecular weight is 168 g/mol. The Hall–Kier alpha value is -1.65. The first-order valence-corrected chi connectivity index (χ1v) is 3.33. The first kappa shape index (κ1) is 8.45. The van der Waals surface area contributed by atoms with E-state index < -0.39 is 5.97 Å². The number of carboxylic acids is 1. The minimum atomic E-state index is -1.13. The first-order valence-electron chi connectivity index (χ1n) is 3.33. The van der Waals surface area contributed by atoms with E-state index in [9.17, 15) is 9.59 Å². The molecule has 1 aromatic rings. The molecule has 0 saturated heterocycles. The lowest BCUT2D eigenvalue weighted by molar-refractivity contribution is 0.0688. The van der Waals surface area contributed by atoms with Gasteiger partial charge in [0, 0.05) is 5.56 Å². The van der Waals surface area contributed by atoms with Crippen LogP contribution >= 0.6 is 0 Å². The maximum absolute atomic E-state index is 10.9. The highest BCUT2D eigenvalue weighted by Crippen LogP contribution is 2.03. The van der Waals surface area contributed by atoms with Crippen molar-refractivity contribution in [3.63, 3.8) is 0 Å².